The number of rotatable bonds is 7. The minimum atomic E-state index is -0.664. The summed E-state index contributed by atoms with van der Waals surface area (Å²) in [6, 6.07) is 17.8. The van der Waals surface area contributed by atoms with Crippen molar-refractivity contribution < 1.29 is 19.1 Å². The molecule has 3 heterocycles. The summed E-state index contributed by atoms with van der Waals surface area (Å²) in [5.74, 6) is 0.586. The third-order valence-corrected chi connectivity index (χ3v) is 7.40. The molecule has 5 rings (SSSR count). The highest BCUT2D eigenvalue weighted by molar-refractivity contribution is 5.86. The quantitative estimate of drug-likeness (QED) is 0.442. The molecule has 0 aliphatic carbocycles. The fourth-order valence-electron chi connectivity index (χ4n) is 5.24. The number of hydrogen-bond acceptors (Lipinski definition) is 5. The summed E-state index contributed by atoms with van der Waals surface area (Å²) >= 11 is 0. The fourth-order valence-corrected chi connectivity index (χ4v) is 5.24. The molecule has 2 N–H and O–H groups in total. The van der Waals surface area contributed by atoms with Crippen LogP contribution in [0.4, 0.5) is 4.79 Å². The third kappa shape index (κ3) is 5.91. The number of carbonyl (C=O) groups is 2. The molecule has 38 heavy (non-hydrogen) atoms. The van der Waals surface area contributed by atoms with Gasteiger partial charge in [-0.3, -0.25) is 4.79 Å². The largest absolute Gasteiger partial charge is 0.446 e. The minimum Gasteiger partial charge on any atom is -0.446 e. The number of aromatic nitrogens is 2. The van der Waals surface area contributed by atoms with Crippen LogP contribution in [0.5, 0.6) is 0 Å². The number of alkyl carbamates (subject to hydrolysis) is 1. The predicted molar refractivity (Wildman–Crippen MR) is 145 cm³/mol. The number of imidazole rings is 1. The number of H-pyrrole nitrogens is 1. The van der Waals surface area contributed by atoms with E-state index in [1.165, 1.54) is 5.56 Å². The van der Waals surface area contributed by atoms with Crippen molar-refractivity contribution in [2.24, 2.45) is 5.92 Å². The third-order valence-electron chi connectivity index (χ3n) is 7.40. The molecule has 1 unspecified atom stereocenters. The Bertz CT molecular complexity index is 1220. The summed E-state index contributed by atoms with van der Waals surface area (Å²) in [5.41, 5.74) is 4.29. The van der Waals surface area contributed by atoms with Crippen LogP contribution in [0, 0.1) is 5.92 Å². The van der Waals surface area contributed by atoms with Crippen molar-refractivity contribution in [1.82, 2.24) is 20.2 Å². The number of ether oxygens (including phenoxy) is 2. The number of benzene rings is 2. The summed E-state index contributed by atoms with van der Waals surface area (Å²) in [7, 11) is 0. The first kappa shape index (κ1) is 26.0. The fraction of sp³-hybridized carbons (Fsp3) is 0.433. The summed E-state index contributed by atoms with van der Waals surface area (Å²) in [6.07, 6.45) is 4.18. The van der Waals surface area contributed by atoms with E-state index in [1.54, 1.807) is 0 Å². The van der Waals surface area contributed by atoms with E-state index in [1.807, 2.05) is 43.1 Å². The maximum atomic E-state index is 13.6. The molecule has 0 spiro atoms. The number of nitrogens with one attached hydrogen (secondary N) is 2. The van der Waals surface area contributed by atoms with Crippen molar-refractivity contribution in [1.29, 1.82) is 0 Å². The van der Waals surface area contributed by atoms with Crippen LogP contribution in [0.2, 0.25) is 0 Å². The van der Waals surface area contributed by atoms with Gasteiger partial charge in [0.25, 0.3) is 0 Å². The van der Waals surface area contributed by atoms with E-state index in [9.17, 15) is 9.59 Å². The van der Waals surface area contributed by atoms with Gasteiger partial charge >= 0.3 is 6.09 Å². The summed E-state index contributed by atoms with van der Waals surface area (Å²) in [4.78, 5) is 36.2. The first-order valence-corrected chi connectivity index (χ1v) is 13.6. The monoisotopic (exact) mass is 516 g/mol. The second-order valence-corrected chi connectivity index (χ2v) is 10.4. The summed E-state index contributed by atoms with van der Waals surface area (Å²) < 4.78 is 10.9. The van der Waals surface area contributed by atoms with E-state index in [0.717, 1.165) is 35.5 Å². The predicted octanol–water partition coefficient (Wildman–Crippen LogP) is 5.34. The van der Waals surface area contributed by atoms with E-state index >= 15 is 0 Å². The Labute approximate surface area is 223 Å². The van der Waals surface area contributed by atoms with Gasteiger partial charge in [-0.25, -0.2) is 9.78 Å². The van der Waals surface area contributed by atoms with Gasteiger partial charge in [-0.2, -0.15) is 0 Å². The van der Waals surface area contributed by atoms with Crippen LogP contribution in [0.25, 0.3) is 22.4 Å². The Morgan fingerprint density at radius 3 is 2.39 bits per heavy atom. The number of hydrogen-bond donors (Lipinski definition) is 2. The van der Waals surface area contributed by atoms with Crippen molar-refractivity contribution in [2.45, 2.75) is 57.7 Å². The van der Waals surface area contributed by atoms with Crippen molar-refractivity contribution in [2.75, 3.05) is 19.8 Å². The van der Waals surface area contributed by atoms with E-state index in [0.29, 0.717) is 32.6 Å². The Morgan fingerprint density at radius 2 is 1.68 bits per heavy atom. The van der Waals surface area contributed by atoms with Crippen LogP contribution in [0.15, 0.2) is 60.8 Å². The van der Waals surface area contributed by atoms with Gasteiger partial charge in [0.2, 0.25) is 5.91 Å². The molecule has 2 saturated heterocycles. The molecule has 1 aromatic heterocycles. The second-order valence-electron chi connectivity index (χ2n) is 10.4. The molecule has 0 saturated carbocycles. The summed E-state index contributed by atoms with van der Waals surface area (Å²) in [6.45, 7) is 5.68. The SMILES string of the molecule is CC(C)[C@H](NC(=O)OC1CCOCC1)C(=O)N1CCCC1c1ncc(-c2ccc(-c3ccccc3)cc2)[nH]1. The Hall–Kier alpha value is -3.65. The maximum absolute atomic E-state index is 13.6. The zero-order valence-electron chi connectivity index (χ0n) is 22.1. The molecule has 0 radical (unpaired) electrons. The number of nitrogens with zero attached hydrogens (tertiary/aromatic N) is 2. The Morgan fingerprint density at radius 1 is 1.00 bits per heavy atom. The molecule has 0 bridgehead atoms. The van der Waals surface area contributed by atoms with Crippen molar-refractivity contribution in [3.63, 3.8) is 0 Å². The Kier molecular flexibility index (Phi) is 8.08. The molecule has 2 aliphatic rings. The molecule has 8 heteroatoms. The van der Waals surface area contributed by atoms with Crippen LogP contribution in [-0.4, -0.2) is 58.8 Å². The van der Waals surface area contributed by atoms with E-state index in [2.05, 4.69) is 51.7 Å². The van der Waals surface area contributed by atoms with Gasteiger partial charge in [0.1, 0.15) is 18.0 Å². The van der Waals surface area contributed by atoms with Gasteiger partial charge in [-0.05, 0) is 35.4 Å². The highest BCUT2D eigenvalue weighted by atomic mass is 16.6. The van der Waals surface area contributed by atoms with Gasteiger partial charge in [0.15, 0.2) is 0 Å². The van der Waals surface area contributed by atoms with Crippen LogP contribution >= 0.6 is 0 Å². The number of carbonyl (C=O) groups excluding carboxylic acids is 2. The smallest absolute Gasteiger partial charge is 0.408 e. The number of aromatic amines is 1. The van der Waals surface area contributed by atoms with E-state index in [-0.39, 0.29) is 24.0 Å². The lowest BCUT2D eigenvalue weighted by molar-refractivity contribution is -0.135. The standard InChI is InChI=1S/C30H36N4O4/c1-20(2)27(33-30(36)38-24-14-17-37-18-15-24)29(35)34-16-6-9-26(34)28-31-19-25(32-28)23-12-10-22(11-13-23)21-7-4-3-5-8-21/h3-5,7-8,10-13,19-20,24,26-27H,6,9,14-18H2,1-2H3,(H,31,32)(H,33,36)/t26?,27-/m0/s1. The molecular weight excluding hydrogens is 480 g/mol. The molecule has 2 aromatic carbocycles. The average Bonchev–Trinajstić information content (AvgIpc) is 3.63. The zero-order valence-corrected chi connectivity index (χ0v) is 22.1. The van der Waals surface area contributed by atoms with Crippen molar-refractivity contribution >= 4 is 12.0 Å². The lowest BCUT2D eigenvalue weighted by Gasteiger charge is -2.31. The molecular formula is C30H36N4O4. The zero-order chi connectivity index (χ0) is 26.5. The van der Waals surface area contributed by atoms with Gasteiger partial charge < -0.3 is 24.7 Å². The van der Waals surface area contributed by atoms with E-state index in [4.69, 9.17) is 9.47 Å². The number of amides is 2. The normalized spacial score (nSPS) is 18.9. The summed E-state index contributed by atoms with van der Waals surface area (Å²) in [5, 5.41) is 2.84. The molecule has 2 amide bonds. The van der Waals surface area contributed by atoms with Gasteiger partial charge in [0.05, 0.1) is 31.1 Å². The van der Waals surface area contributed by atoms with Crippen molar-refractivity contribution in [3.05, 3.63) is 66.6 Å². The molecule has 200 valence electrons. The molecule has 8 nitrogen and oxygen atoms in total. The minimum absolute atomic E-state index is 0.0821. The molecule has 2 fully saturated rings. The molecule has 2 atom stereocenters. The van der Waals surface area contributed by atoms with Crippen LogP contribution in [0.1, 0.15) is 51.4 Å². The first-order valence-electron chi connectivity index (χ1n) is 13.6. The lowest BCUT2D eigenvalue weighted by Crippen LogP contribution is -2.51. The average molecular weight is 517 g/mol. The highest BCUT2D eigenvalue weighted by Crippen LogP contribution is 2.33. The van der Waals surface area contributed by atoms with E-state index < -0.39 is 12.1 Å². The van der Waals surface area contributed by atoms with Gasteiger partial charge in [0, 0.05) is 19.4 Å². The second kappa shape index (κ2) is 11.8. The maximum Gasteiger partial charge on any atom is 0.408 e. The van der Waals surface area contributed by atoms with Crippen LogP contribution < -0.4 is 5.32 Å². The van der Waals surface area contributed by atoms with Crippen LogP contribution in [0.3, 0.4) is 0 Å². The lowest BCUT2D eigenvalue weighted by atomic mass is 10.0. The highest BCUT2D eigenvalue weighted by Gasteiger charge is 2.37. The molecule has 2 aliphatic heterocycles. The first-order chi connectivity index (χ1) is 18.5. The van der Waals surface area contributed by atoms with Crippen LogP contribution in [-0.2, 0) is 14.3 Å². The molecule has 3 aromatic rings. The number of likely N-dealkylation sites (tertiary alicyclic amines) is 1. The topological polar surface area (TPSA) is 96.5 Å². The van der Waals surface area contributed by atoms with Crippen molar-refractivity contribution in [3.8, 4) is 22.4 Å². The van der Waals surface area contributed by atoms with Gasteiger partial charge in [-0.1, -0.05) is 68.4 Å². The van der Waals surface area contributed by atoms with Gasteiger partial charge in [-0.15, -0.1) is 0 Å². The Balaban J connectivity index is 1.26.